The van der Waals surface area contributed by atoms with Gasteiger partial charge in [0.05, 0.1) is 53.2 Å². The van der Waals surface area contributed by atoms with Gasteiger partial charge in [0.15, 0.2) is 0 Å². The van der Waals surface area contributed by atoms with Crippen LogP contribution in [0.2, 0.25) is 0 Å². The van der Waals surface area contributed by atoms with Crippen molar-refractivity contribution in [1.29, 1.82) is 0 Å². The van der Waals surface area contributed by atoms with E-state index in [9.17, 15) is 29.4 Å². The van der Waals surface area contributed by atoms with Crippen molar-refractivity contribution in [2.75, 3.05) is 67.5 Å². The van der Waals surface area contributed by atoms with E-state index in [1.807, 2.05) is 0 Å². The lowest BCUT2D eigenvalue weighted by Gasteiger charge is -2.30. The van der Waals surface area contributed by atoms with Crippen molar-refractivity contribution in [3.8, 4) is 0 Å². The lowest BCUT2D eigenvalue weighted by molar-refractivity contribution is -0.884. The largest absolute Gasteiger partial charge is 0.544 e. The van der Waals surface area contributed by atoms with Crippen LogP contribution in [0.1, 0.15) is 38.5 Å². The average molecular weight is 431 g/mol. The number of amides is 2. The number of carboxylic acids is 2. The third-order valence-corrected chi connectivity index (χ3v) is 4.70. The molecule has 0 aromatic heterocycles. The second kappa shape index (κ2) is 13.9. The molecule has 0 radical (unpaired) electrons. The van der Waals surface area contributed by atoms with Crippen LogP contribution >= 0.6 is 0 Å². The Hall–Kier alpha value is -2.20. The molecule has 0 saturated heterocycles. The second-order valence-electron chi connectivity index (χ2n) is 8.99. The van der Waals surface area contributed by atoms with Gasteiger partial charge >= 0.3 is 0 Å². The fourth-order valence-electron chi connectivity index (χ4n) is 3.07. The van der Waals surface area contributed by atoms with Crippen LogP contribution in [0.5, 0.6) is 0 Å². The van der Waals surface area contributed by atoms with Gasteiger partial charge < -0.3 is 39.4 Å². The third-order valence-electron chi connectivity index (χ3n) is 4.70. The van der Waals surface area contributed by atoms with Gasteiger partial charge in [0.1, 0.15) is 13.1 Å². The number of nitrogens with zero attached hydrogens (tertiary/aromatic N) is 2. The van der Waals surface area contributed by atoms with Crippen LogP contribution in [0.15, 0.2) is 0 Å². The SMILES string of the molecule is C[N+](C)(CCCNC(=O)CCCCC(=O)NCCC[N+](C)(C)CC(=O)[O-])CC(=O)[O-]. The number of hydrogen-bond donors (Lipinski definition) is 2. The molecule has 0 atom stereocenters. The van der Waals surface area contributed by atoms with Gasteiger partial charge in [-0.25, -0.2) is 0 Å². The van der Waals surface area contributed by atoms with E-state index in [0.717, 1.165) is 0 Å². The van der Waals surface area contributed by atoms with Gasteiger partial charge in [-0.3, -0.25) is 9.59 Å². The summed E-state index contributed by atoms with van der Waals surface area (Å²) in [6, 6.07) is 0. The van der Waals surface area contributed by atoms with Crippen LogP contribution in [0, 0.1) is 0 Å². The molecule has 0 aliphatic heterocycles. The van der Waals surface area contributed by atoms with E-state index >= 15 is 0 Å². The van der Waals surface area contributed by atoms with Crippen LogP contribution in [-0.2, 0) is 19.2 Å². The fraction of sp³-hybridized carbons (Fsp3) is 0.800. The van der Waals surface area contributed by atoms with Gasteiger partial charge in [-0.2, -0.15) is 0 Å². The van der Waals surface area contributed by atoms with Crippen molar-refractivity contribution < 1.29 is 38.4 Å². The Morgan fingerprint density at radius 3 is 1.27 bits per heavy atom. The summed E-state index contributed by atoms with van der Waals surface area (Å²) in [6.45, 7) is 2.09. The number of carbonyl (C=O) groups is 4. The van der Waals surface area contributed by atoms with Gasteiger partial charge in [-0.15, -0.1) is 0 Å². The minimum atomic E-state index is -1.09. The molecule has 0 fully saturated rings. The summed E-state index contributed by atoms with van der Waals surface area (Å²) in [5.41, 5.74) is 0. The summed E-state index contributed by atoms with van der Waals surface area (Å²) in [7, 11) is 7.21. The van der Waals surface area contributed by atoms with Crippen LogP contribution < -0.4 is 20.8 Å². The molecular weight excluding hydrogens is 392 g/mol. The van der Waals surface area contributed by atoms with Gasteiger partial charge in [0.2, 0.25) is 11.8 Å². The quantitative estimate of drug-likeness (QED) is 0.189. The van der Waals surface area contributed by atoms with Crippen LogP contribution in [-0.4, -0.2) is 100 Å². The predicted molar refractivity (Wildman–Crippen MR) is 107 cm³/mol. The van der Waals surface area contributed by atoms with Gasteiger partial charge in [0, 0.05) is 38.8 Å². The molecule has 0 aliphatic carbocycles. The highest BCUT2D eigenvalue weighted by Crippen LogP contribution is 2.02. The molecule has 174 valence electrons. The summed E-state index contributed by atoms with van der Waals surface area (Å²) >= 11 is 0. The molecule has 30 heavy (non-hydrogen) atoms. The number of unbranched alkanes of at least 4 members (excludes halogenated alkanes) is 1. The molecule has 2 N–H and O–H groups in total. The maximum absolute atomic E-state index is 11.8. The fourth-order valence-corrected chi connectivity index (χ4v) is 3.07. The van der Waals surface area contributed by atoms with Crippen LogP contribution in [0.25, 0.3) is 0 Å². The maximum Gasteiger partial charge on any atom is 0.219 e. The molecule has 0 heterocycles. The number of nitrogens with one attached hydrogen (secondary N) is 2. The minimum Gasteiger partial charge on any atom is -0.544 e. The smallest absolute Gasteiger partial charge is 0.219 e. The van der Waals surface area contributed by atoms with Crippen LogP contribution in [0.3, 0.4) is 0 Å². The number of rotatable bonds is 17. The van der Waals surface area contributed by atoms with E-state index in [1.54, 1.807) is 28.2 Å². The second-order valence-corrected chi connectivity index (χ2v) is 8.99. The number of hydrogen-bond acceptors (Lipinski definition) is 6. The molecule has 0 aromatic rings. The minimum absolute atomic E-state index is 0.0628. The van der Waals surface area contributed by atoms with E-state index in [0.29, 0.717) is 73.7 Å². The maximum atomic E-state index is 11.8. The summed E-state index contributed by atoms with van der Waals surface area (Å²) in [6.07, 6.45) is 3.26. The average Bonchev–Trinajstić information content (AvgIpc) is 2.57. The van der Waals surface area contributed by atoms with Crippen molar-refractivity contribution >= 4 is 23.8 Å². The zero-order chi connectivity index (χ0) is 23.2. The monoisotopic (exact) mass is 430 g/mol. The lowest BCUT2D eigenvalue weighted by atomic mass is 10.1. The number of quaternary nitrogens is 2. The molecule has 0 aromatic carbocycles. The third kappa shape index (κ3) is 16.7. The summed E-state index contributed by atoms with van der Waals surface area (Å²) in [4.78, 5) is 44.9. The molecule has 2 amide bonds. The van der Waals surface area contributed by atoms with Gasteiger partial charge in [-0.1, -0.05) is 0 Å². The van der Waals surface area contributed by atoms with E-state index in [1.165, 1.54) is 0 Å². The van der Waals surface area contributed by atoms with Crippen molar-refractivity contribution in [3.63, 3.8) is 0 Å². The number of aliphatic carboxylic acids is 2. The molecule has 0 rings (SSSR count). The Balaban J connectivity index is 3.72. The van der Waals surface area contributed by atoms with Crippen molar-refractivity contribution in [2.24, 2.45) is 0 Å². The molecule has 0 aliphatic rings. The van der Waals surface area contributed by atoms with Crippen LogP contribution in [0.4, 0.5) is 0 Å². The normalized spacial score (nSPS) is 11.7. The predicted octanol–water partition coefficient (Wildman–Crippen LogP) is -2.79. The summed E-state index contributed by atoms with van der Waals surface area (Å²) < 4.78 is 0.612. The summed E-state index contributed by atoms with van der Waals surface area (Å²) in [5.74, 6) is -2.33. The highest BCUT2D eigenvalue weighted by molar-refractivity contribution is 5.77. The molecule has 10 heteroatoms. The zero-order valence-electron chi connectivity index (χ0n) is 18.8. The molecule has 0 spiro atoms. The van der Waals surface area contributed by atoms with Crippen molar-refractivity contribution in [2.45, 2.75) is 38.5 Å². The van der Waals surface area contributed by atoms with E-state index in [-0.39, 0.29) is 24.9 Å². The lowest BCUT2D eigenvalue weighted by Crippen LogP contribution is -2.49. The first-order valence-corrected chi connectivity index (χ1v) is 10.4. The number of carbonyl (C=O) groups excluding carboxylic acids is 4. The highest BCUT2D eigenvalue weighted by Gasteiger charge is 2.15. The number of likely N-dealkylation sites (N-methyl/N-ethyl adjacent to an activating group) is 2. The molecular formula is C20H38N4O6. The standard InChI is InChI=1S/C20H38N4O6/c1-23(2,15-19(27)28)13-7-11-21-17(25)9-5-6-10-18(26)22-12-8-14-24(3,4)16-20(29)30/h5-16H2,1-4H3,(H2-2,21,22,25,26,27,28,29,30). The zero-order valence-corrected chi connectivity index (χ0v) is 18.8. The van der Waals surface area contributed by atoms with Crippen molar-refractivity contribution in [3.05, 3.63) is 0 Å². The first-order valence-electron chi connectivity index (χ1n) is 10.4. The Kier molecular flexibility index (Phi) is 12.9. The first-order chi connectivity index (χ1) is 13.8. The Morgan fingerprint density at radius 2 is 0.967 bits per heavy atom. The van der Waals surface area contributed by atoms with E-state index < -0.39 is 11.9 Å². The Labute approximate surface area is 179 Å². The molecule has 10 nitrogen and oxygen atoms in total. The number of carboxylic acid groups (broad SMARTS) is 2. The molecule has 0 bridgehead atoms. The van der Waals surface area contributed by atoms with Gasteiger partial charge in [0.25, 0.3) is 0 Å². The van der Waals surface area contributed by atoms with E-state index in [4.69, 9.17) is 0 Å². The van der Waals surface area contributed by atoms with E-state index in [2.05, 4.69) is 10.6 Å². The molecule has 0 unspecified atom stereocenters. The van der Waals surface area contributed by atoms with Gasteiger partial charge in [-0.05, 0) is 12.8 Å². The highest BCUT2D eigenvalue weighted by atomic mass is 16.4. The van der Waals surface area contributed by atoms with Crippen molar-refractivity contribution in [1.82, 2.24) is 10.6 Å². The topological polar surface area (TPSA) is 138 Å². The Bertz CT molecular complexity index is 528. The first kappa shape index (κ1) is 27.8. The Morgan fingerprint density at radius 1 is 0.633 bits per heavy atom. The molecule has 0 saturated carbocycles. The summed E-state index contributed by atoms with van der Waals surface area (Å²) in [5, 5.41) is 26.9.